The van der Waals surface area contributed by atoms with Gasteiger partial charge in [0, 0.05) is 24.7 Å². The van der Waals surface area contributed by atoms with Gasteiger partial charge in [0.2, 0.25) is 0 Å². The molecule has 2 aromatic rings. The summed E-state index contributed by atoms with van der Waals surface area (Å²) in [6, 6.07) is 8.59. The minimum absolute atomic E-state index is 0.0974. The van der Waals surface area contributed by atoms with Gasteiger partial charge in [0.05, 0.1) is 24.5 Å². The molecule has 1 fully saturated rings. The first-order chi connectivity index (χ1) is 14.4. The molecule has 2 aliphatic rings. The first-order valence-corrected chi connectivity index (χ1v) is 10.4. The number of benzene rings is 1. The summed E-state index contributed by atoms with van der Waals surface area (Å²) in [5.41, 5.74) is 6.90. The molecular weight excluding hydrogens is 382 g/mol. The Hall–Kier alpha value is -2.71. The van der Waals surface area contributed by atoms with Crippen LogP contribution in [0.15, 0.2) is 29.4 Å². The average Bonchev–Trinajstić information content (AvgIpc) is 3.13. The first kappa shape index (κ1) is 20.6. The topological polar surface area (TPSA) is 92.1 Å². The zero-order valence-corrected chi connectivity index (χ0v) is 17.8. The maximum atomic E-state index is 9.98. The molecule has 1 aromatic heterocycles. The second-order valence-corrected chi connectivity index (χ2v) is 8.43. The predicted octanol–water partition coefficient (Wildman–Crippen LogP) is 2.53. The van der Waals surface area contributed by atoms with Crippen LogP contribution >= 0.6 is 0 Å². The number of nitrogens with one attached hydrogen (secondary N) is 1. The highest BCUT2D eigenvalue weighted by Crippen LogP contribution is 2.25. The predicted molar refractivity (Wildman–Crippen MR) is 117 cm³/mol. The second-order valence-electron chi connectivity index (χ2n) is 8.43. The normalized spacial score (nSPS) is 17.9. The number of rotatable bonds is 6. The van der Waals surface area contributed by atoms with Crippen LogP contribution in [0.4, 0.5) is 11.6 Å². The maximum absolute atomic E-state index is 9.98. The average molecular weight is 412 g/mol. The zero-order valence-electron chi connectivity index (χ0n) is 17.8. The van der Waals surface area contributed by atoms with Crippen LogP contribution in [0.5, 0.6) is 6.01 Å². The molecule has 0 amide bonds. The number of aryl methyl sites for hydroxylation is 2. The summed E-state index contributed by atoms with van der Waals surface area (Å²) < 4.78 is 11.1. The van der Waals surface area contributed by atoms with Gasteiger partial charge in [-0.05, 0) is 45.2 Å². The van der Waals surface area contributed by atoms with E-state index in [1.165, 1.54) is 16.7 Å². The van der Waals surface area contributed by atoms with Gasteiger partial charge in [-0.3, -0.25) is 5.43 Å². The minimum Gasteiger partial charge on any atom is -0.460 e. The van der Waals surface area contributed by atoms with Crippen molar-refractivity contribution in [2.45, 2.75) is 39.2 Å². The van der Waals surface area contributed by atoms with Crippen molar-refractivity contribution in [1.82, 2.24) is 9.97 Å². The molecule has 1 aliphatic heterocycles. The molecular formula is C22H29N5O3. The number of aromatic nitrogens is 2. The number of anilines is 2. The molecule has 0 atom stereocenters. The molecule has 1 aromatic carbocycles. The fraction of sp³-hybridized carbons (Fsp3) is 0.500. The van der Waals surface area contributed by atoms with Gasteiger partial charge in [0.15, 0.2) is 5.82 Å². The van der Waals surface area contributed by atoms with E-state index < -0.39 is 5.60 Å². The largest absolute Gasteiger partial charge is 0.460 e. The van der Waals surface area contributed by atoms with Gasteiger partial charge in [-0.15, -0.1) is 0 Å². The van der Waals surface area contributed by atoms with Crippen LogP contribution in [-0.4, -0.2) is 59.3 Å². The molecule has 8 nitrogen and oxygen atoms in total. The molecule has 8 heteroatoms. The molecule has 160 valence electrons. The van der Waals surface area contributed by atoms with Crippen LogP contribution in [0.1, 0.15) is 37.0 Å². The van der Waals surface area contributed by atoms with E-state index in [0.717, 1.165) is 37.5 Å². The number of nitrogens with zero attached hydrogens (tertiary/aromatic N) is 4. The third kappa shape index (κ3) is 5.06. The molecule has 0 bridgehead atoms. The third-order valence-electron chi connectivity index (χ3n) is 5.09. The van der Waals surface area contributed by atoms with Crippen molar-refractivity contribution in [1.29, 1.82) is 0 Å². The number of hydrazone groups is 1. The lowest BCUT2D eigenvalue weighted by Gasteiger charge is -2.28. The van der Waals surface area contributed by atoms with E-state index in [4.69, 9.17) is 9.47 Å². The molecule has 4 rings (SSSR count). The summed E-state index contributed by atoms with van der Waals surface area (Å²) in [6.07, 6.45) is 1.90. The molecule has 1 saturated heterocycles. The van der Waals surface area contributed by atoms with Crippen LogP contribution in [0.25, 0.3) is 0 Å². The van der Waals surface area contributed by atoms with Gasteiger partial charge >= 0.3 is 6.01 Å². The molecule has 2 N–H and O–H groups in total. The number of fused-ring (bicyclic) bond motifs is 1. The van der Waals surface area contributed by atoms with Gasteiger partial charge in [-0.1, -0.05) is 17.7 Å². The van der Waals surface area contributed by atoms with Gasteiger partial charge in [-0.25, -0.2) is 0 Å². The van der Waals surface area contributed by atoms with Crippen molar-refractivity contribution in [2.24, 2.45) is 5.10 Å². The summed E-state index contributed by atoms with van der Waals surface area (Å²) in [7, 11) is 0. The Morgan fingerprint density at radius 2 is 2.00 bits per heavy atom. The SMILES string of the molecule is Cc1ccc2c(c1)/C(=N/Nc1cc(N3CCOCC3)nc(OCC(C)(C)O)n1)CC2. The van der Waals surface area contributed by atoms with Crippen LogP contribution in [-0.2, 0) is 11.2 Å². The van der Waals surface area contributed by atoms with Crippen molar-refractivity contribution in [3.05, 3.63) is 41.0 Å². The molecule has 0 unspecified atom stereocenters. The molecule has 0 radical (unpaired) electrons. The van der Waals surface area contributed by atoms with E-state index in [9.17, 15) is 5.11 Å². The highest BCUT2D eigenvalue weighted by Gasteiger charge is 2.20. The van der Waals surface area contributed by atoms with E-state index >= 15 is 0 Å². The number of hydrogen-bond donors (Lipinski definition) is 2. The minimum atomic E-state index is -0.975. The van der Waals surface area contributed by atoms with Crippen LogP contribution in [0, 0.1) is 6.92 Å². The van der Waals surface area contributed by atoms with Crippen LogP contribution in [0.2, 0.25) is 0 Å². The van der Waals surface area contributed by atoms with Crippen molar-refractivity contribution in [2.75, 3.05) is 43.2 Å². The van der Waals surface area contributed by atoms with Crippen molar-refractivity contribution >= 4 is 17.3 Å². The smallest absolute Gasteiger partial charge is 0.320 e. The number of ether oxygens (including phenoxy) is 2. The summed E-state index contributed by atoms with van der Waals surface area (Å²) in [6.45, 7) is 8.38. The maximum Gasteiger partial charge on any atom is 0.320 e. The first-order valence-electron chi connectivity index (χ1n) is 10.4. The lowest BCUT2D eigenvalue weighted by Crippen LogP contribution is -2.37. The summed E-state index contributed by atoms with van der Waals surface area (Å²) >= 11 is 0. The Labute approximate surface area is 176 Å². The van der Waals surface area contributed by atoms with E-state index in [0.29, 0.717) is 19.0 Å². The number of hydrogen-bond acceptors (Lipinski definition) is 8. The summed E-state index contributed by atoms with van der Waals surface area (Å²) in [4.78, 5) is 11.1. The Morgan fingerprint density at radius 3 is 2.77 bits per heavy atom. The van der Waals surface area contributed by atoms with E-state index in [-0.39, 0.29) is 12.6 Å². The van der Waals surface area contributed by atoms with Crippen molar-refractivity contribution < 1.29 is 14.6 Å². The summed E-state index contributed by atoms with van der Waals surface area (Å²) in [5, 5.41) is 14.6. The molecule has 0 saturated carbocycles. The fourth-order valence-corrected chi connectivity index (χ4v) is 3.54. The fourth-order valence-electron chi connectivity index (χ4n) is 3.54. The highest BCUT2D eigenvalue weighted by atomic mass is 16.5. The van der Waals surface area contributed by atoms with E-state index in [1.807, 2.05) is 6.07 Å². The highest BCUT2D eigenvalue weighted by molar-refractivity contribution is 6.04. The standard InChI is InChI=1S/C22H29N5O3/c1-15-4-5-16-6-7-18(17(16)12-15)25-26-19-13-20(27-8-10-29-11-9-27)24-21(23-19)30-14-22(2,3)28/h4-5,12-13,28H,6-11,14H2,1-3H3,(H,23,24,26)/b25-18+. The monoisotopic (exact) mass is 411 g/mol. The Kier molecular flexibility index (Phi) is 5.87. The lowest BCUT2D eigenvalue weighted by atomic mass is 10.1. The van der Waals surface area contributed by atoms with Crippen molar-refractivity contribution in [3.8, 4) is 6.01 Å². The van der Waals surface area contributed by atoms with E-state index in [2.05, 4.69) is 50.5 Å². The molecule has 1 aliphatic carbocycles. The zero-order chi connectivity index (χ0) is 21.1. The van der Waals surface area contributed by atoms with Crippen LogP contribution < -0.4 is 15.1 Å². The molecule has 2 heterocycles. The Bertz CT molecular complexity index is 933. The Balaban J connectivity index is 1.58. The van der Waals surface area contributed by atoms with Gasteiger partial charge in [-0.2, -0.15) is 15.1 Å². The lowest BCUT2D eigenvalue weighted by molar-refractivity contribution is 0.0250. The molecule has 0 spiro atoms. The van der Waals surface area contributed by atoms with E-state index in [1.54, 1.807) is 13.8 Å². The second kappa shape index (κ2) is 8.57. The quantitative estimate of drug-likeness (QED) is 0.706. The number of morpholine rings is 1. The van der Waals surface area contributed by atoms with Gasteiger partial charge in [0.1, 0.15) is 12.4 Å². The number of aliphatic hydroxyl groups is 1. The summed E-state index contributed by atoms with van der Waals surface area (Å²) in [5.74, 6) is 1.32. The van der Waals surface area contributed by atoms with Crippen molar-refractivity contribution in [3.63, 3.8) is 0 Å². The van der Waals surface area contributed by atoms with Gasteiger partial charge < -0.3 is 19.5 Å². The third-order valence-corrected chi connectivity index (χ3v) is 5.09. The Morgan fingerprint density at radius 1 is 1.20 bits per heavy atom. The molecule has 30 heavy (non-hydrogen) atoms. The van der Waals surface area contributed by atoms with Crippen LogP contribution in [0.3, 0.4) is 0 Å². The van der Waals surface area contributed by atoms with Gasteiger partial charge in [0.25, 0.3) is 0 Å².